The fourth-order valence-electron chi connectivity index (χ4n) is 2.60. The Balaban J connectivity index is 1.77. The Morgan fingerprint density at radius 1 is 1.32 bits per heavy atom. The highest BCUT2D eigenvalue weighted by atomic mass is 35.5. The Bertz CT molecular complexity index is 446. The van der Waals surface area contributed by atoms with Crippen LogP contribution in [0.3, 0.4) is 0 Å². The molecule has 3 rings (SSSR count). The van der Waals surface area contributed by atoms with Crippen molar-refractivity contribution in [2.75, 3.05) is 13.2 Å². The molecule has 2 fully saturated rings. The van der Waals surface area contributed by atoms with Crippen molar-refractivity contribution >= 4 is 11.6 Å². The SMILES string of the molecule is NC1CC(Oc2nc(Cl)ncc2C2CCOCC2)C1. The van der Waals surface area contributed by atoms with Crippen LogP contribution in [0.4, 0.5) is 0 Å². The molecular formula is C13H18ClN3O2. The number of aromatic nitrogens is 2. The van der Waals surface area contributed by atoms with Gasteiger partial charge in [-0.25, -0.2) is 4.98 Å². The number of hydrogen-bond donors (Lipinski definition) is 1. The van der Waals surface area contributed by atoms with Gasteiger partial charge in [0.25, 0.3) is 0 Å². The van der Waals surface area contributed by atoms with E-state index in [1.54, 1.807) is 6.20 Å². The Morgan fingerprint density at radius 3 is 2.74 bits per heavy atom. The molecule has 0 spiro atoms. The summed E-state index contributed by atoms with van der Waals surface area (Å²) >= 11 is 5.88. The van der Waals surface area contributed by atoms with Crippen molar-refractivity contribution in [1.82, 2.24) is 9.97 Å². The predicted molar refractivity (Wildman–Crippen MR) is 71.5 cm³/mol. The van der Waals surface area contributed by atoms with Crippen LogP contribution in [0.25, 0.3) is 0 Å². The molecule has 1 aromatic rings. The van der Waals surface area contributed by atoms with E-state index in [4.69, 9.17) is 26.8 Å². The Kier molecular flexibility index (Phi) is 3.86. The largest absolute Gasteiger partial charge is 0.474 e. The second kappa shape index (κ2) is 5.61. The molecule has 1 aliphatic heterocycles. The van der Waals surface area contributed by atoms with Gasteiger partial charge in [0.05, 0.1) is 0 Å². The molecule has 0 bridgehead atoms. The lowest BCUT2D eigenvalue weighted by molar-refractivity contribution is 0.0776. The minimum Gasteiger partial charge on any atom is -0.474 e. The molecule has 0 radical (unpaired) electrons. The van der Waals surface area contributed by atoms with E-state index in [0.29, 0.717) is 11.8 Å². The van der Waals surface area contributed by atoms with E-state index in [9.17, 15) is 0 Å². The molecule has 6 heteroatoms. The zero-order chi connectivity index (χ0) is 13.2. The summed E-state index contributed by atoms with van der Waals surface area (Å²) in [6.07, 6.45) is 5.68. The molecule has 0 atom stereocenters. The molecule has 1 aliphatic carbocycles. The summed E-state index contributed by atoms with van der Waals surface area (Å²) in [6.45, 7) is 1.56. The zero-order valence-corrected chi connectivity index (χ0v) is 11.5. The van der Waals surface area contributed by atoms with Gasteiger partial charge in [-0.1, -0.05) is 0 Å². The summed E-state index contributed by atoms with van der Waals surface area (Å²) in [6, 6.07) is 0.258. The number of nitrogens with zero attached hydrogens (tertiary/aromatic N) is 2. The first-order valence-corrected chi connectivity index (χ1v) is 7.12. The lowest BCUT2D eigenvalue weighted by Gasteiger charge is -2.33. The number of ether oxygens (including phenoxy) is 2. The third kappa shape index (κ3) is 2.99. The van der Waals surface area contributed by atoms with Crippen molar-refractivity contribution in [2.24, 2.45) is 5.73 Å². The molecule has 0 unspecified atom stereocenters. The van der Waals surface area contributed by atoms with Crippen molar-refractivity contribution in [3.63, 3.8) is 0 Å². The van der Waals surface area contributed by atoms with Crippen molar-refractivity contribution < 1.29 is 9.47 Å². The molecule has 2 aliphatic rings. The molecule has 104 valence electrons. The maximum absolute atomic E-state index is 5.93. The maximum Gasteiger partial charge on any atom is 0.225 e. The first-order valence-electron chi connectivity index (χ1n) is 6.75. The Hall–Kier alpha value is -0.910. The molecule has 1 saturated carbocycles. The topological polar surface area (TPSA) is 70.3 Å². The Labute approximate surface area is 117 Å². The van der Waals surface area contributed by atoms with Crippen LogP contribution in [0.15, 0.2) is 6.20 Å². The average molecular weight is 284 g/mol. The fraction of sp³-hybridized carbons (Fsp3) is 0.692. The minimum absolute atomic E-state index is 0.166. The summed E-state index contributed by atoms with van der Waals surface area (Å²) in [5.41, 5.74) is 6.83. The van der Waals surface area contributed by atoms with E-state index in [1.807, 2.05) is 0 Å². The lowest BCUT2D eigenvalue weighted by atomic mass is 9.90. The maximum atomic E-state index is 5.93. The molecule has 1 aromatic heterocycles. The quantitative estimate of drug-likeness (QED) is 0.858. The molecule has 5 nitrogen and oxygen atoms in total. The monoisotopic (exact) mass is 283 g/mol. The van der Waals surface area contributed by atoms with Crippen LogP contribution in [0.5, 0.6) is 5.88 Å². The number of nitrogens with two attached hydrogens (primary N) is 1. The van der Waals surface area contributed by atoms with E-state index in [-0.39, 0.29) is 17.4 Å². The van der Waals surface area contributed by atoms with Crippen LogP contribution in [-0.2, 0) is 4.74 Å². The van der Waals surface area contributed by atoms with Gasteiger partial charge in [0, 0.05) is 31.0 Å². The minimum atomic E-state index is 0.166. The van der Waals surface area contributed by atoms with Crippen LogP contribution in [0, 0.1) is 0 Å². The van der Waals surface area contributed by atoms with E-state index in [1.165, 1.54) is 0 Å². The summed E-state index contributed by atoms with van der Waals surface area (Å²) in [7, 11) is 0. The number of halogens is 1. The smallest absolute Gasteiger partial charge is 0.225 e. The van der Waals surface area contributed by atoms with Gasteiger partial charge in [-0.05, 0) is 43.2 Å². The van der Waals surface area contributed by atoms with Crippen LogP contribution in [-0.4, -0.2) is 35.3 Å². The third-order valence-corrected chi connectivity index (χ3v) is 4.00. The Morgan fingerprint density at radius 2 is 2.05 bits per heavy atom. The van der Waals surface area contributed by atoms with E-state index < -0.39 is 0 Å². The van der Waals surface area contributed by atoms with E-state index in [2.05, 4.69) is 9.97 Å². The summed E-state index contributed by atoms with van der Waals surface area (Å²) in [5.74, 6) is 1.03. The number of hydrogen-bond acceptors (Lipinski definition) is 5. The van der Waals surface area contributed by atoms with Crippen molar-refractivity contribution in [2.45, 2.75) is 43.7 Å². The van der Waals surface area contributed by atoms with Gasteiger partial charge in [0.1, 0.15) is 6.10 Å². The van der Waals surface area contributed by atoms with Gasteiger partial charge in [0.15, 0.2) is 0 Å². The van der Waals surface area contributed by atoms with Crippen LogP contribution in [0.1, 0.15) is 37.2 Å². The van der Waals surface area contributed by atoms with Crippen molar-refractivity contribution in [1.29, 1.82) is 0 Å². The first kappa shape index (κ1) is 13.1. The lowest BCUT2D eigenvalue weighted by Crippen LogP contribution is -2.43. The molecule has 0 aromatic carbocycles. The van der Waals surface area contributed by atoms with Gasteiger partial charge >= 0.3 is 0 Å². The average Bonchev–Trinajstić information content (AvgIpc) is 2.38. The third-order valence-electron chi connectivity index (χ3n) is 3.82. The van der Waals surface area contributed by atoms with Gasteiger partial charge in [-0.3, -0.25) is 0 Å². The normalized spacial score (nSPS) is 27.9. The van der Waals surface area contributed by atoms with Crippen LogP contribution >= 0.6 is 11.6 Å². The highest BCUT2D eigenvalue weighted by Gasteiger charge is 2.30. The predicted octanol–water partition coefficient (Wildman–Crippen LogP) is 1.89. The summed E-state index contributed by atoms with van der Waals surface area (Å²) < 4.78 is 11.3. The standard InChI is InChI=1S/C13H18ClN3O2/c14-13-16-7-11(8-1-3-18-4-2-8)12(17-13)19-10-5-9(15)6-10/h7-10H,1-6,15H2. The first-order chi connectivity index (χ1) is 9.22. The molecule has 19 heavy (non-hydrogen) atoms. The summed E-state index contributed by atoms with van der Waals surface area (Å²) in [4.78, 5) is 8.34. The summed E-state index contributed by atoms with van der Waals surface area (Å²) in [5, 5.41) is 0.231. The second-order valence-electron chi connectivity index (χ2n) is 5.26. The molecule has 2 heterocycles. The van der Waals surface area contributed by atoms with Gasteiger partial charge < -0.3 is 15.2 Å². The van der Waals surface area contributed by atoms with E-state index >= 15 is 0 Å². The van der Waals surface area contributed by atoms with Crippen LogP contribution in [0.2, 0.25) is 5.28 Å². The fourth-order valence-corrected chi connectivity index (χ4v) is 2.72. The number of rotatable bonds is 3. The molecule has 0 amide bonds. The van der Waals surface area contributed by atoms with Crippen LogP contribution < -0.4 is 10.5 Å². The molecule has 1 saturated heterocycles. The van der Waals surface area contributed by atoms with E-state index in [0.717, 1.165) is 44.5 Å². The molecular weight excluding hydrogens is 266 g/mol. The highest BCUT2D eigenvalue weighted by molar-refractivity contribution is 6.28. The van der Waals surface area contributed by atoms with Crippen molar-refractivity contribution in [3.8, 4) is 5.88 Å². The zero-order valence-electron chi connectivity index (χ0n) is 10.7. The van der Waals surface area contributed by atoms with Gasteiger partial charge in [0.2, 0.25) is 11.2 Å². The molecule has 2 N–H and O–H groups in total. The second-order valence-corrected chi connectivity index (χ2v) is 5.60. The van der Waals surface area contributed by atoms with Gasteiger partial charge in [-0.15, -0.1) is 0 Å². The van der Waals surface area contributed by atoms with Gasteiger partial charge in [-0.2, -0.15) is 4.98 Å². The van der Waals surface area contributed by atoms with Crippen molar-refractivity contribution in [3.05, 3.63) is 17.0 Å². The highest BCUT2D eigenvalue weighted by Crippen LogP contribution is 2.34.